The summed E-state index contributed by atoms with van der Waals surface area (Å²) in [6.07, 6.45) is 6.39. The number of anilines is 1. The summed E-state index contributed by atoms with van der Waals surface area (Å²) in [7, 11) is -1.96. The second-order valence-corrected chi connectivity index (χ2v) is 11.6. The second kappa shape index (κ2) is 9.70. The van der Waals surface area contributed by atoms with Crippen LogP contribution in [0.5, 0.6) is 0 Å². The normalized spacial score (nSPS) is 16.2. The average molecular weight is 490 g/mol. The Morgan fingerprint density at radius 1 is 1.15 bits per heavy atom. The van der Waals surface area contributed by atoms with Crippen molar-refractivity contribution in [3.05, 3.63) is 47.0 Å². The number of fused-ring (bicyclic) bond motifs is 1. The molecule has 2 aromatic heterocycles. The van der Waals surface area contributed by atoms with E-state index >= 15 is 0 Å². The maximum absolute atomic E-state index is 13.0. The number of H-pyrrole nitrogens is 2. The topological polar surface area (TPSA) is 128 Å². The van der Waals surface area contributed by atoms with E-state index in [2.05, 4.69) is 20.3 Å². The van der Waals surface area contributed by atoms with Crippen LogP contribution in [0, 0.1) is 0 Å². The first-order chi connectivity index (χ1) is 15.7. The Kier molecular flexibility index (Phi) is 6.91. The van der Waals surface area contributed by atoms with Gasteiger partial charge in [0, 0.05) is 25.0 Å². The fraction of sp³-hybridized carbons (Fsp3) is 0.409. The van der Waals surface area contributed by atoms with Crippen molar-refractivity contribution in [3.63, 3.8) is 0 Å². The van der Waals surface area contributed by atoms with Crippen LogP contribution in [-0.2, 0) is 14.8 Å². The predicted molar refractivity (Wildman–Crippen MR) is 129 cm³/mol. The van der Waals surface area contributed by atoms with Crippen molar-refractivity contribution in [2.45, 2.75) is 60.2 Å². The van der Waals surface area contributed by atoms with Crippen LogP contribution in [0.3, 0.4) is 0 Å². The van der Waals surface area contributed by atoms with Gasteiger partial charge in [0.2, 0.25) is 15.9 Å². The number of imidazole rings is 1. The Bertz CT molecular complexity index is 1290. The van der Waals surface area contributed by atoms with E-state index < -0.39 is 15.3 Å². The molecular weight excluding hydrogens is 462 g/mol. The van der Waals surface area contributed by atoms with E-state index in [9.17, 15) is 18.0 Å². The first-order valence-electron chi connectivity index (χ1n) is 10.9. The fourth-order valence-corrected chi connectivity index (χ4v) is 6.14. The number of nitrogens with zero attached hydrogens (tertiary/aromatic N) is 2. The number of benzene rings is 1. The number of amides is 1. The lowest BCUT2D eigenvalue weighted by atomic mass is 9.96. The van der Waals surface area contributed by atoms with E-state index in [-0.39, 0.29) is 22.5 Å². The molecule has 1 aromatic carbocycles. The Balaban J connectivity index is 1.39. The van der Waals surface area contributed by atoms with Crippen LogP contribution < -0.4 is 11.0 Å². The molecule has 1 aliphatic rings. The van der Waals surface area contributed by atoms with Gasteiger partial charge in [-0.1, -0.05) is 31.0 Å². The number of carbonyl (C=O) groups is 1. The van der Waals surface area contributed by atoms with E-state index in [0.29, 0.717) is 21.7 Å². The van der Waals surface area contributed by atoms with Gasteiger partial charge in [-0.05, 0) is 50.1 Å². The van der Waals surface area contributed by atoms with E-state index in [1.807, 2.05) is 0 Å². The number of carbonyl (C=O) groups excluding carboxylic acids is 1. The number of nitrogens with one attached hydrogen (secondary N) is 3. The molecule has 3 N–H and O–H groups in total. The maximum Gasteiger partial charge on any atom is 0.323 e. The molecule has 0 spiro atoms. The van der Waals surface area contributed by atoms with Crippen LogP contribution in [0.4, 0.5) is 5.69 Å². The molecule has 4 rings (SSSR count). The average Bonchev–Trinajstić information content (AvgIpc) is 3.18. The highest BCUT2D eigenvalue weighted by molar-refractivity contribution is 8.00. The van der Waals surface area contributed by atoms with Crippen LogP contribution in [-0.4, -0.2) is 51.9 Å². The van der Waals surface area contributed by atoms with E-state index in [1.54, 1.807) is 44.3 Å². The summed E-state index contributed by atoms with van der Waals surface area (Å²) in [5.74, 6) is -0.229. The van der Waals surface area contributed by atoms with Crippen LogP contribution in [0.1, 0.15) is 39.0 Å². The van der Waals surface area contributed by atoms with Gasteiger partial charge in [0.15, 0.2) is 0 Å². The largest absolute Gasteiger partial charge is 0.325 e. The van der Waals surface area contributed by atoms with Crippen molar-refractivity contribution < 1.29 is 13.2 Å². The van der Waals surface area contributed by atoms with Crippen LogP contribution in [0.15, 0.2) is 51.2 Å². The SMILES string of the molecule is CC(Sc1ccc(S(=O)(=O)N(C)C2CCCCC2)cn1)C(=O)Nc1ccc2[nH]c(=O)[nH]c2c1. The lowest BCUT2D eigenvalue weighted by Gasteiger charge is -2.30. The van der Waals surface area contributed by atoms with Crippen LogP contribution >= 0.6 is 11.8 Å². The number of hydrogen-bond acceptors (Lipinski definition) is 6. The minimum Gasteiger partial charge on any atom is -0.325 e. The van der Waals surface area contributed by atoms with Crippen molar-refractivity contribution in [1.82, 2.24) is 19.3 Å². The summed E-state index contributed by atoms with van der Waals surface area (Å²) in [5.41, 5.74) is 1.53. The molecule has 176 valence electrons. The molecule has 1 atom stereocenters. The van der Waals surface area contributed by atoms with Gasteiger partial charge in [-0.2, -0.15) is 4.31 Å². The molecule has 0 bridgehead atoms. The summed E-state index contributed by atoms with van der Waals surface area (Å²) >= 11 is 1.24. The Hall–Kier alpha value is -2.63. The van der Waals surface area contributed by atoms with Crippen molar-refractivity contribution in [2.75, 3.05) is 12.4 Å². The third kappa shape index (κ3) is 5.31. The summed E-state index contributed by atoms with van der Waals surface area (Å²) in [6, 6.07) is 8.32. The molecule has 33 heavy (non-hydrogen) atoms. The van der Waals surface area contributed by atoms with Gasteiger partial charge in [0.25, 0.3) is 0 Å². The zero-order chi connectivity index (χ0) is 23.6. The fourth-order valence-electron chi connectivity index (χ4n) is 3.99. The standard InChI is InChI=1S/C22H27N5O4S2/c1-14(21(28)24-15-8-10-18-19(12-15)26-22(29)25-18)32-20-11-9-17(13-23-20)33(30,31)27(2)16-6-4-3-5-7-16/h8-14,16H,3-7H2,1-2H3,(H,24,28)(H2,25,26,29). The zero-order valence-corrected chi connectivity index (χ0v) is 20.1. The highest BCUT2D eigenvalue weighted by atomic mass is 32.2. The molecule has 9 nitrogen and oxygen atoms in total. The molecule has 1 unspecified atom stereocenters. The lowest BCUT2D eigenvalue weighted by Crippen LogP contribution is -2.38. The molecule has 11 heteroatoms. The predicted octanol–water partition coefficient (Wildman–Crippen LogP) is 3.32. The number of hydrogen-bond donors (Lipinski definition) is 3. The van der Waals surface area contributed by atoms with Gasteiger partial charge in [-0.15, -0.1) is 0 Å². The Morgan fingerprint density at radius 3 is 2.58 bits per heavy atom. The van der Waals surface area contributed by atoms with Gasteiger partial charge < -0.3 is 15.3 Å². The van der Waals surface area contributed by atoms with Gasteiger partial charge in [-0.25, -0.2) is 18.2 Å². The van der Waals surface area contributed by atoms with Crippen LogP contribution in [0.25, 0.3) is 11.0 Å². The Morgan fingerprint density at radius 2 is 1.88 bits per heavy atom. The second-order valence-electron chi connectivity index (χ2n) is 8.23. The van der Waals surface area contributed by atoms with Crippen molar-refractivity contribution in [1.29, 1.82) is 0 Å². The number of rotatable bonds is 7. The third-order valence-corrected chi connectivity index (χ3v) is 8.87. The minimum absolute atomic E-state index is 0.0323. The van der Waals surface area contributed by atoms with Gasteiger partial charge in [0.05, 0.1) is 21.3 Å². The lowest BCUT2D eigenvalue weighted by molar-refractivity contribution is -0.115. The highest BCUT2D eigenvalue weighted by Gasteiger charge is 2.29. The summed E-state index contributed by atoms with van der Waals surface area (Å²) < 4.78 is 27.4. The first kappa shape index (κ1) is 23.5. The van der Waals surface area contributed by atoms with Gasteiger partial charge in [0.1, 0.15) is 4.90 Å². The van der Waals surface area contributed by atoms with E-state index in [1.165, 1.54) is 22.3 Å². The summed E-state index contributed by atoms with van der Waals surface area (Å²) in [5, 5.41) is 2.92. The molecule has 1 saturated carbocycles. The van der Waals surface area contributed by atoms with E-state index in [0.717, 1.165) is 32.1 Å². The zero-order valence-electron chi connectivity index (χ0n) is 18.5. The molecule has 0 radical (unpaired) electrons. The quantitative estimate of drug-likeness (QED) is 0.437. The van der Waals surface area contributed by atoms with E-state index in [4.69, 9.17) is 0 Å². The number of sulfonamides is 1. The number of aromatic amines is 2. The molecule has 1 fully saturated rings. The van der Waals surface area contributed by atoms with Gasteiger partial charge in [-0.3, -0.25) is 4.79 Å². The minimum atomic E-state index is -3.60. The smallest absolute Gasteiger partial charge is 0.323 e. The Labute approximate surface area is 196 Å². The molecule has 2 heterocycles. The number of aromatic nitrogens is 3. The summed E-state index contributed by atoms with van der Waals surface area (Å²) in [4.78, 5) is 33.7. The highest BCUT2D eigenvalue weighted by Crippen LogP contribution is 2.28. The third-order valence-electron chi connectivity index (χ3n) is 5.93. The molecule has 0 aliphatic heterocycles. The summed E-state index contributed by atoms with van der Waals surface area (Å²) in [6.45, 7) is 1.75. The maximum atomic E-state index is 13.0. The van der Waals surface area contributed by atoms with Gasteiger partial charge >= 0.3 is 5.69 Å². The van der Waals surface area contributed by atoms with Crippen molar-refractivity contribution in [3.8, 4) is 0 Å². The molecule has 3 aromatic rings. The first-order valence-corrected chi connectivity index (χ1v) is 13.2. The number of thioether (sulfide) groups is 1. The number of pyridine rings is 1. The monoisotopic (exact) mass is 489 g/mol. The van der Waals surface area contributed by atoms with Crippen molar-refractivity contribution in [2.24, 2.45) is 0 Å². The molecular formula is C22H27N5O4S2. The van der Waals surface area contributed by atoms with Crippen LogP contribution in [0.2, 0.25) is 0 Å². The molecule has 1 amide bonds. The van der Waals surface area contributed by atoms with Crippen molar-refractivity contribution >= 4 is 44.4 Å². The molecule has 1 aliphatic carbocycles. The molecule has 0 saturated heterocycles.